The van der Waals surface area contributed by atoms with Gasteiger partial charge < -0.3 is 4.84 Å². The van der Waals surface area contributed by atoms with E-state index in [2.05, 4.69) is 22.0 Å². The molecular formula is C8H7N5O. The van der Waals surface area contributed by atoms with Gasteiger partial charge in [-0.25, -0.2) is 10.4 Å². The van der Waals surface area contributed by atoms with E-state index in [1.165, 1.54) is 0 Å². The number of aromatic nitrogens is 3. The van der Waals surface area contributed by atoms with Crippen LogP contribution in [-0.2, 0) is 0 Å². The van der Waals surface area contributed by atoms with E-state index in [0.29, 0.717) is 11.0 Å². The van der Waals surface area contributed by atoms with E-state index in [1.54, 1.807) is 12.1 Å². The summed E-state index contributed by atoms with van der Waals surface area (Å²) in [4.78, 5) is 9.34. The average molecular weight is 189 g/mol. The lowest BCUT2D eigenvalue weighted by atomic mass is 10.3. The molecule has 1 N–H and O–H groups in total. The van der Waals surface area contributed by atoms with E-state index in [1.807, 2.05) is 12.1 Å². The van der Waals surface area contributed by atoms with Gasteiger partial charge >= 0.3 is 6.02 Å². The predicted molar refractivity (Wildman–Crippen MR) is 51.4 cm³/mol. The summed E-state index contributed by atoms with van der Waals surface area (Å²) in [7, 11) is 0. The minimum atomic E-state index is -0.319. The number of hydrogen-bond acceptors (Lipinski definition) is 4. The van der Waals surface area contributed by atoms with Crippen LogP contribution < -0.4 is 4.84 Å². The van der Waals surface area contributed by atoms with Gasteiger partial charge in [0.2, 0.25) is 0 Å². The Balaban J connectivity index is 2.43. The molecule has 0 spiro atoms. The molecule has 0 unspecified atom stereocenters. The van der Waals surface area contributed by atoms with Crippen molar-refractivity contribution in [3.05, 3.63) is 24.3 Å². The third-order valence-corrected chi connectivity index (χ3v) is 1.64. The molecule has 0 aliphatic heterocycles. The highest BCUT2D eigenvalue weighted by Crippen LogP contribution is 2.07. The van der Waals surface area contributed by atoms with Crippen LogP contribution in [0.2, 0.25) is 0 Å². The normalized spacial score (nSPS) is 10.0. The van der Waals surface area contributed by atoms with E-state index in [4.69, 9.17) is 10.2 Å². The lowest BCUT2D eigenvalue weighted by Crippen LogP contribution is -2.18. The van der Waals surface area contributed by atoms with Crippen molar-refractivity contribution in [2.24, 2.45) is 4.99 Å². The van der Waals surface area contributed by atoms with Gasteiger partial charge in [-0.3, -0.25) is 0 Å². The van der Waals surface area contributed by atoms with Crippen LogP contribution in [0.25, 0.3) is 11.0 Å². The van der Waals surface area contributed by atoms with Crippen LogP contribution in [0.15, 0.2) is 29.3 Å². The molecule has 0 aliphatic carbocycles. The third-order valence-electron chi connectivity index (χ3n) is 1.64. The van der Waals surface area contributed by atoms with Crippen molar-refractivity contribution < 1.29 is 4.84 Å². The molecule has 70 valence electrons. The minimum absolute atomic E-state index is 0.319. The Kier molecular flexibility index (Phi) is 1.94. The van der Waals surface area contributed by atoms with Crippen LogP contribution in [0.5, 0.6) is 0 Å². The van der Waals surface area contributed by atoms with E-state index in [9.17, 15) is 0 Å². The maximum Gasteiger partial charge on any atom is 0.337 e. The molecule has 2 rings (SSSR count). The Morgan fingerprint density at radius 1 is 1.50 bits per heavy atom. The summed E-state index contributed by atoms with van der Waals surface area (Å²) in [5.41, 5.74) is 1.38. The summed E-state index contributed by atoms with van der Waals surface area (Å²) in [6, 6.07) is 6.94. The summed E-state index contributed by atoms with van der Waals surface area (Å²) in [6.45, 7) is 3.16. The van der Waals surface area contributed by atoms with Crippen molar-refractivity contribution in [2.45, 2.75) is 0 Å². The van der Waals surface area contributed by atoms with Gasteiger partial charge in [0.05, 0.1) is 0 Å². The maximum absolute atomic E-state index is 7.15. The van der Waals surface area contributed by atoms with E-state index in [-0.39, 0.29) is 6.02 Å². The second-order valence-electron chi connectivity index (χ2n) is 2.51. The molecule has 0 fully saturated rings. The van der Waals surface area contributed by atoms with Crippen LogP contribution in [0.1, 0.15) is 0 Å². The quantitative estimate of drug-likeness (QED) is 0.524. The Morgan fingerprint density at radius 3 is 3.07 bits per heavy atom. The van der Waals surface area contributed by atoms with Crippen LogP contribution in [0.4, 0.5) is 0 Å². The first kappa shape index (κ1) is 8.36. The molecule has 1 aromatic carbocycles. The molecule has 0 atom stereocenters. The monoisotopic (exact) mass is 189 g/mol. The molecule has 2 aromatic rings. The van der Waals surface area contributed by atoms with E-state index < -0.39 is 0 Å². The number of para-hydroxylation sites is 1. The first-order valence-electron chi connectivity index (χ1n) is 3.85. The molecule has 0 radical (unpaired) electrons. The molecule has 0 aliphatic rings. The van der Waals surface area contributed by atoms with Crippen molar-refractivity contribution in [3.8, 4) is 0 Å². The number of nitrogens with zero attached hydrogens (tertiary/aromatic N) is 4. The Morgan fingerprint density at radius 2 is 2.29 bits per heavy atom. The molecule has 1 heterocycles. The number of fused-ring (bicyclic) bond motifs is 1. The smallest absolute Gasteiger partial charge is 0.315 e. The van der Waals surface area contributed by atoms with Crippen molar-refractivity contribution in [1.29, 1.82) is 5.41 Å². The Hall–Kier alpha value is -2.24. The molecule has 1 aromatic heterocycles. The summed E-state index contributed by atoms with van der Waals surface area (Å²) in [6.07, 6.45) is 0. The van der Waals surface area contributed by atoms with Crippen LogP contribution in [0.3, 0.4) is 0 Å². The largest absolute Gasteiger partial charge is 0.337 e. The van der Waals surface area contributed by atoms with Gasteiger partial charge in [-0.2, -0.15) is 0 Å². The first-order chi connectivity index (χ1) is 6.81. The molecule has 6 nitrogen and oxygen atoms in total. The molecule has 14 heavy (non-hydrogen) atoms. The Labute approximate surface area is 79.3 Å². The van der Waals surface area contributed by atoms with Crippen molar-refractivity contribution in [2.75, 3.05) is 0 Å². The molecule has 0 saturated heterocycles. The van der Waals surface area contributed by atoms with Gasteiger partial charge in [-0.15, -0.1) is 5.10 Å². The van der Waals surface area contributed by atoms with Crippen molar-refractivity contribution >= 4 is 23.8 Å². The van der Waals surface area contributed by atoms with Crippen LogP contribution in [0, 0.1) is 5.41 Å². The highest BCUT2D eigenvalue weighted by molar-refractivity contribution is 5.78. The van der Waals surface area contributed by atoms with E-state index in [0.717, 1.165) is 4.85 Å². The summed E-state index contributed by atoms with van der Waals surface area (Å²) in [5.74, 6) is 0. The van der Waals surface area contributed by atoms with Gasteiger partial charge in [0.1, 0.15) is 11.0 Å². The fraction of sp³-hybridized carbons (Fsp3) is 0. The number of hydrogen-bond donors (Lipinski definition) is 1. The summed E-state index contributed by atoms with van der Waals surface area (Å²) in [5, 5.41) is 14.7. The van der Waals surface area contributed by atoms with Crippen LogP contribution in [-0.4, -0.2) is 27.9 Å². The van der Waals surface area contributed by atoms with Gasteiger partial charge in [-0.1, -0.05) is 17.0 Å². The second kappa shape index (κ2) is 3.25. The van der Waals surface area contributed by atoms with Crippen molar-refractivity contribution in [1.82, 2.24) is 15.2 Å². The number of amidine groups is 1. The zero-order chi connectivity index (χ0) is 9.97. The van der Waals surface area contributed by atoms with E-state index >= 15 is 0 Å². The molecular weight excluding hydrogens is 182 g/mol. The number of nitrogens with one attached hydrogen (secondary N) is 1. The fourth-order valence-electron chi connectivity index (χ4n) is 1.03. The van der Waals surface area contributed by atoms with Gasteiger partial charge in [-0.05, 0) is 24.1 Å². The highest BCUT2D eigenvalue weighted by atomic mass is 16.7. The highest BCUT2D eigenvalue weighted by Gasteiger charge is 2.04. The van der Waals surface area contributed by atoms with Gasteiger partial charge in [0.15, 0.2) is 0 Å². The number of benzene rings is 1. The average Bonchev–Trinajstić information content (AvgIpc) is 2.62. The minimum Gasteiger partial charge on any atom is -0.315 e. The van der Waals surface area contributed by atoms with Crippen LogP contribution >= 0.6 is 0 Å². The lowest BCUT2D eigenvalue weighted by Gasteiger charge is -1.99. The first-order valence-corrected chi connectivity index (χ1v) is 3.85. The van der Waals surface area contributed by atoms with Crippen molar-refractivity contribution in [3.63, 3.8) is 0 Å². The molecule has 0 bridgehead atoms. The molecule has 6 heteroatoms. The van der Waals surface area contributed by atoms with Gasteiger partial charge in [0, 0.05) is 0 Å². The molecule has 0 saturated carbocycles. The Bertz CT molecular complexity index is 489. The zero-order valence-corrected chi connectivity index (χ0v) is 7.21. The zero-order valence-electron chi connectivity index (χ0n) is 7.21. The maximum atomic E-state index is 7.15. The fourth-order valence-corrected chi connectivity index (χ4v) is 1.03. The second-order valence-corrected chi connectivity index (χ2v) is 2.51. The van der Waals surface area contributed by atoms with Gasteiger partial charge in [0.25, 0.3) is 0 Å². The number of rotatable bonds is 1. The SMILES string of the molecule is C=NC(=N)On1nnc2ccccc21. The topological polar surface area (TPSA) is 76.2 Å². The predicted octanol–water partition coefficient (Wildman–Crippen LogP) is 0.495. The summed E-state index contributed by atoms with van der Waals surface area (Å²) >= 11 is 0. The standard InChI is InChI=1S/C8H7N5O/c1-10-8(9)14-13-7-5-3-2-4-6(7)11-12-13/h2-5,9H,1H2. The summed E-state index contributed by atoms with van der Waals surface area (Å²) < 4.78 is 0. The number of aliphatic imine (C=N–C) groups is 1. The molecule has 0 amide bonds. The third kappa shape index (κ3) is 1.33. The lowest BCUT2D eigenvalue weighted by molar-refractivity contribution is 0.221.